The average molecular weight is 410 g/mol. The minimum absolute atomic E-state index is 0.277. The summed E-state index contributed by atoms with van der Waals surface area (Å²) >= 11 is 4.83. The SMILES string of the molecule is Cc1cc2c(=O)n(NC(=O)[C@@H](C)n3ncc(Br)c3C)c(C)nc2s1. The maximum Gasteiger partial charge on any atom is 0.281 e. The number of rotatable bonds is 3. The van der Waals surface area contributed by atoms with Gasteiger partial charge in [-0.15, -0.1) is 11.3 Å². The Labute approximate surface area is 150 Å². The third-order valence-electron chi connectivity index (χ3n) is 3.81. The number of fused-ring (bicyclic) bond motifs is 1. The second-order valence-electron chi connectivity index (χ2n) is 5.55. The molecular weight excluding hydrogens is 394 g/mol. The van der Waals surface area contributed by atoms with Crippen molar-refractivity contribution >= 4 is 43.4 Å². The minimum Gasteiger partial charge on any atom is -0.271 e. The van der Waals surface area contributed by atoms with Crippen LogP contribution in [-0.4, -0.2) is 25.3 Å². The normalized spacial score (nSPS) is 12.5. The first-order chi connectivity index (χ1) is 11.3. The maximum atomic E-state index is 12.6. The van der Waals surface area contributed by atoms with Crippen LogP contribution in [0.5, 0.6) is 0 Å². The van der Waals surface area contributed by atoms with Crippen molar-refractivity contribution in [1.29, 1.82) is 0 Å². The van der Waals surface area contributed by atoms with E-state index in [0.717, 1.165) is 15.0 Å². The van der Waals surface area contributed by atoms with Crippen molar-refractivity contribution in [3.63, 3.8) is 0 Å². The zero-order valence-corrected chi connectivity index (χ0v) is 16.0. The molecule has 0 aliphatic rings. The maximum absolute atomic E-state index is 12.6. The van der Waals surface area contributed by atoms with Gasteiger partial charge in [0, 0.05) is 4.88 Å². The molecule has 0 saturated heterocycles. The summed E-state index contributed by atoms with van der Waals surface area (Å²) < 4.78 is 3.62. The molecular formula is C15H16BrN5O2S. The van der Waals surface area contributed by atoms with E-state index in [-0.39, 0.29) is 11.5 Å². The summed E-state index contributed by atoms with van der Waals surface area (Å²) in [7, 11) is 0. The van der Waals surface area contributed by atoms with Gasteiger partial charge in [-0.2, -0.15) is 5.10 Å². The number of aryl methyl sites for hydroxylation is 2. The van der Waals surface area contributed by atoms with Gasteiger partial charge in [0.05, 0.1) is 21.7 Å². The summed E-state index contributed by atoms with van der Waals surface area (Å²) in [5, 5.41) is 4.69. The molecule has 0 radical (unpaired) electrons. The van der Waals surface area contributed by atoms with Crippen molar-refractivity contribution < 1.29 is 4.79 Å². The molecule has 3 rings (SSSR count). The first-order valence-electron chi connectivity index (χ1n) is 7.30. The molecule has 0 fully saturated rings. The first kappa shape index (κ1) is 16.8. The average Bonchev–Trinajstić information content (AvgIpc) is 3.06. The highest BCUT2D eigenvalue weighted by Crippen LogP contribution is 2.21. The van der Waals surface area contributed by atoms with E-state index in [1.165, 1.54) is 16.0 Å². The molecule has 1 N–H and O–H groups in total. The predicted octanol–water partition coefficient (Wildman–Crippen LogP) is 2.67. The molecule has 7 nitrogen and oxygen atoms in total. The van der Waals surface area contributed by atoms with E-state index in [9.17, 15) is 9.59 Å². The summed E-state index contributed by atoms with van der Waals surface area (Å²) in [6.07, 6.45) is 1.64. The smallest absolute Gasteiger partial charge is 0.271 e. The Hall–Kier alpha value is -2.00. The first-order valence-corrected chi connectivity index (χ1v) is 8.91. The number of thiophene rings is 1. The standard InChI is InChI=1S/C15H16BrN5O2S/c1-7-5-11-14(24-7)18-10(4)21(15(11)23)19-13(22)9(3)20-8(2)12(16)6-17-20/h5-6,9H,1-4H3,(H,19,22)/t9-/m1/s1. The topological polar surface area (TPSA) is 81.8 Å². The van der Waals surface area contributed by atoms with Gasteiger partial charge in [0.25, 0.3) is 11.5 Å². The number of hydrogen-bond acceptors (Lipinski definition) is 5. The van der Waals surface area contributed by atoms with E-state index in [1.807, 2.05) is 13.8 Å². The van der Waals surface area contributed by atoms with Crippen LogP contribution in [0.4, 0.5) is 0 Å². The zero-order valence-electron chi connectivity index (χ0n) is 13.6. The Kier molecular flexibility index (Phi) is 4.31. The molecule has 9 heteroatoms. The molecule has 0 bridgehead atoms. The molecule has 126 valence electrons. The number of aromatic nitrogens is 4. The Morgan fingerprint density at radius 2 is 2.08 bits per heavy atom. The monoisotopic (exact) mass is 409 g/mol. The second kappa shape index (κ2) is 6.14. The summed E-state index contributed by atoms with van der Waals surface area (Å²) in [4.78, 5) is 31.2. The van der Waals surface area contributed by atoms with Gasteiger partial charge >= 0.3 is 0 Å². The van der Waals surface area contributed by atoms with Crippen molar-refractivity contribution in [1.82, 2.24) is 19.4 Å². The van der Waals surface area contributed by atoms with E-state index in [1.54, 1.807) is 30.8 Å². The Balaban J connectivity index is 1.96. The minimum atomic E-state index is -0.567. The van der Waals surface area contributed by atoms with E-state index < -0.39 is 6.04 Å². The lowest BCUT2D eigenvalue weighted by Gasteiger charge is -2.16. The zero-order chi connectivity index (χ0) is 17.6. The number of halogens is 1. The number of carbonyl (C=O) groups is 1. The van der Waals surface area contributed by atoms with Gasteiger partial charge < -0.3 is 0 Å². The van der Waals surface area contributed by atoms with Gasteiger partial charge in [0.2, 0.25) is 0 Å². The molecule has 1 amide bonds. The molecule has 24 heavy (non-hydrogen) atoms. The van der Waals surface area contributed by atoms with Crippen LogP contribution >= 0.6 is 27.3 Å². The number of nitrogens with zero attached hydrogens (tertiary/aromatic N) is 4. The van der Waals surface area contributed by atoms with Crippen molar-refractivity contribution in [2.75, 3.05) is 5.43 Å². The third kappa shape index (κ3) is 2.78. The highest BCUT2D eigenvalue weighted by atomic mass is 79.9. The van der Waals surface area contributed by atoms with E-state index in [4.69, 9.17) is 0 Å². The molecule has 3 aromatic rings. The van der Waals surface area contributed by atoms with Crippen LogP contribution < -0.4 is 11.0 Å². The number of carbonyl (C=O) groups excluding carboxylic acids is 1. The van der Waals surface area contributed by atoms with Crippen LogP contribution in [0.25, 0.3) is 10.2 Å². The molecule has 0 aliphatic heterocycles. The number of hydrogen-bond donors (Lipinski definition) is 1. The van der Waals surface area contributed by atoms with Crippen LogP contribution in [-0.2, 0) is 4.79 Å². The number of amides is 1. The van der Waals surface area contributed by atoms with Crippen molar-refractivity contribution in [2.24, 2.45) is 0 Å². The van der Waals surface area contributed by atoms with Crippen LogP contribution in [0, 0.1) is 20.8 Å². The fraction of sp³-hybridized carbons (Fsp3) is 0.333. The molecule has 1 atom stereocenters. The van der Waals surface area contributed by atoms with Gasteiger partial charge in [-0.3, -0.25) is 19.7 Å². The van der Waals surface area contributed by atoms with Crippen LogP contribution in [0.2, 0.25) is 0 Å². The van der Waals surface area contributed by atoms with Crippen LogP contribution in [0.15, 0.2) is 21.5 Å². The molecule has 3 aromatic heterocycles. The molecule has 0 aromatic carbocycles. The second-order valence-corrected chi connectivity index (χ2v) is 7.64. The quantitative estimate of drug-likeness (QED) is 0.720. The van der Waals surface area contributed by atoms with Crippen LogP contribution in [0.1, 0.15) is 29.4 Å². The molecule has 0 spiro atoms. The lowest BCUT2D eigenvalue weighted by Crippen LogP contribution is -2.38. The van der Waals surface area contributed by atoms with Gasteiger partial charge in [-0.25, -0.2) is 9.66 Å². The van der Waals surface area contributed by atoms with Gasteiger partial charge in [0.15, 0.2) is 0 Å². The van der Waals surface area contributed by atoms with E-state index >= 15 is 0 Å². The molecule has 0 unspecified atom stereocenters. The molecule has 0 aliphatic carbocycles. The third-order valence-corrected chi connectivity index (χ3v) is 5.53. The highest BCUT2D eigenvalue weighted by Gasteiger charge is 2.20. The lowest BCUT2D eigenvalue weighted by molar-refractivity contribution is -0.120. The Morgan fingerprint density at radius 1 is 1.38 bits per heavy atom. The van der Waals surface area contributed by atoms with Crippen molar-refractivity contribution in [2.45, 2.75) is 33.7 Å². The molecule has 0 saturated carbocycles. The summed E-state index contributed by atoms with van der Waals surface area (Å²) in [5.41, 5.74) is 3.21. The van der Waals surface area contributed by atoms with Gasteiger partial charge in [0.1, 0.15) is 16.7 Å². The predicted molar refractivity (Wildman–Crippen MR) is 97.1 cm³/mol. The van der Waals surface area contributed by atoms with Crippen LogP contribution in [0.3, 0.4) is 0 Å². The van der Waals surface area contributed by atoms with Crippen molar-refractivity contribution in [3.05, 3.63) is 43.5 Å². The largest absolute Gasteiger partial charge is 0.281 e. The number of nitrogens with one attached hydrogen (secondary N) is 1. The fourth-order valence-corrected chi connectivity index (χ4v) is 3.63. The Bertz CT molecular complexity index is 1000. The van der Waals surface area contributed by atoms with Gasteiger partial charge in [-0.05, 0) is 49.7 Å². The summed E-state index contributed by atoms with van der Waals surface area (Å²) in [5.74, 6) is 0.0975. The summed E-state index contributed by atoms with van der Waals surface area (Å²) in [6, 6.07) is 1.22. The lowest BCUT2D eigenvalue weighted by atomic mass is 10.3. The fourth-order valence-electron chi connectivity index (χ4n) is 2.44. The summed E-state index contributed by atoms with van der Waals surface area (Å²) in [6.45, 7) is 7.20. The Morgan fingerprint density at radius 3 is 2.71 bits per heavy atom. The van der Waals surface area contributed by atoms with Gasteiger partial charge in [-0.1, -0.05) is 0 Å². The van der Waals surface area contributed by atoms with Crippen molar-refractivity contribution in [3.8, 4) is 0 Å². The highest BCUT2D eigenvalue weighted by molar-refractivity contribution is 9.10. The van der Waals surface area contributed by atoms with E-state index in [0.29, 0.717) is 16.0 Å². The van der Waals surface area contributed by atoms with E-state index in [2.05, 4.69) is 31.4 Å². The molecule has 3 heterocycles.